The molecule has 2 aromatic rings. The maximum atomic E-state index is 13.0. The molecule has 0 bridgehead atoms. The number of aromatic nitrogens is 1. The van der Waals surface area contributed by atoms with Gasteiger partial charge in [-0.25, -0.2) is 9.37 Å². The van der Waals surface area contributed by atoms with Gasteiger partial charge in [-0.1, -0.05) is 6.92 Å². The van der Waals surface area contributed by atoms with E-state index in [1.165, 1.54) is 17.1 Å². The van der Waals surface area contributed by atoms with Crippen LogP contribution in [0.4, 0.5) is 4.39 Å². The zero-order valence-corrected chi connectivity index (χ0v) is 15.4. The number of carbonyl (C=O) groups is 1. The largest absolute Gasteiger partial charge is 0.337 e. The quantitative estimate of drug-likeness (QED) is 0.817. The summed E-state index contributed by atoms with van der Waals surface area (Å²) in [7, 11) is 0. The van der Waals surface area contributed by atoms with Crippen molar-refractivity contribution in [1.82, 2.24) is 14.8 Å². The van der Waals surface area contributed by atoms with Crippen LogP contribution in [0.15, 0.2) is 29.6 Å². The van der Waals surface area contributed by atoms with E-state index in [0.717, 1.165) is 51.1 Å². The molecule has 0 atom stereocenters. The number of carbonyl (C=O) groups excluding carboxylic acids is 1. The van der Waals surface area contributed by atoms with Crippen molar-refractivity contribution in [2.24, 2.45) is 0 Å². The van der Waals surface area contributed by atoms with E-state index in [0.29, 0.717) is 12.1 Å². The minimum atomic E-state index is -0.315. The van der Waals surface area contributed by atoms with Gasteiger partial charge in [-0.3, -0.25) is 9.69 Å². The fraction of sp³-hybridized carbons (Fsp3) is 0.474. The van der Waals surface area contributed by atoms with Crippen LogP contribution in [-0.2, 0) is 13.0 Å². The molecule has 25 heavy (non-hydrogen) atoms. The lowest BCUT2D eigenvalue weighted by Crippen LogP contribution is -2.35. The molecule has 1 amide bonds. The lowest BCUT2D eigenvalue weighted by atomic mass is 10.2. The molecule has 1 saturated heterocycles. The molecule has 1 aliphatic heterocycles. The van der Waals surface area contributed by atoms with E-state index in [-0.39, 0.29) is 11.7 Å². The van der Waals surface area contributed by atoms with Gasteiger partial charge in [0.2, 0.25) is 0 Å². The van der Waals surface area contributed by atoms with Gasteiger partial charge >= 0.3 is 0 Å². The molecule has 0 N–H and O–H groups in total. The highest BCUT2D eigenvalue weighted by Gasteiger charge is 2.20. The minimum Gasteiger partial charge on any atom is -0.337 e. The van der Waals surface area contributed by atoms with Crippen molar-refractivity contribution in [3.05, 3.63) is 51.7 Å². The maximum absolute atomic E-state index is 13.0. The van der Waals surface area contributed by atoms with Crippen molar-refractivity contribution in [1.29, 1.82) is 0 Å². The summed E-state index contributed by atoms with van der Waals surface area (Å²) in [6.45, 7) is 6.26. The Bertz CT molecular complexity index is 701. The Labute approximate surface area is 152 Å². The molecular weight excluding hydrogens is 337 g/mol. The molecule has 1 fully saturated rings. The van der Waals surface area contributed by atoms with Crippen molar-refractivity contribution in [2.45, 2.75) is 32.7 Å². The van der Waals surface area contributed by atoms with Crippen LogP contribution in [0.3, 0.4) is 0 Å². The van der Waals surface area contributed by atoms with Gasteiger partial charge in [0.1, 0.15) is 5.82 Å². The second-order valence-electron chi connectivity index (χ2n) is 6.41. The predicted octanol–water partition coefficient (Wildman–Crippen LogP) is 3.58. The van der Waals surface area contributed by atoms with Gasteiger partial charge in [-0.2, -0.15) is 0 Å². The Hall–Kier alpha value is -1.79. The van der Waals surface area contributed by atoms with E-state index in [1.807, 2.05) is 4.90 Å². The van der Waals surface area contributed by atoms with Crippen molar-refractivity contribution < 1.29 is 9.18 Å². The highest BCUT2D eigenvalue weighted by Crippen LogP contribution is 2.16. The Morgan fingerprint density at radius 1 is 1.20 bits per heavy atom. The summed E-state index contributed by atoms with van der Waals surface area (Å²) in [4.78, 5) is 21.5. The molecule has 0 radical (unpaired) electrons. The number of halogens is 1. The van der Waals surface area contributed by atoms with E-state index in [4.69, 9.17) is 4.98 Å². The van der Waals surface area contributed by atoms with Crippen molar-refractivity contribution in [3.63, 3.8) is 0 Å². The van der Waals surface area contributed by atoms with Crippen LogP contribution in [0.1, 0.15) is 40.8 Å². The Kier molecular flexibility index (Phi) is 6.15. The summed E-state index contributed by atoms with van der Waals surface area (Å²) in [6.07, 6.45) is 3.11. The molecule has 0 aliphatic carbocycles. The van der Waals surface area contributed by atoms with E-state index in [2.05, 4.69) is 17.2 Å². The van der Waals surface area contributed by atoms with Gasteiger partial charge in [0.25, 0.3) is 5.91 Å². The van der Waals surface area contributed by atoms with E-state index >= 15 is 0 Å². The summed E-state index contributed by atoms with van der Waals surface area (Å²) >= 11 is 1.74. The zero-order valence-electron chi connectivity index (χ0n) is 14.6. The summed E-state index contributed by atoms with van der Waals surface area (Å²) in [5.41, 5.74) is 1.69. The fourth-order valence-corrected chi connectivity index (χ4v) is 3.98. The molecule has 1 aliphatic rings. The third-order valence-electron chi connectivity index (χ3n) is 4.42. The lowest BCUT2D eigenvalue weighted by Gasteiger charge is -2.21. The first-order valence-corrected chi connectivity index (χ1v) is 9.74. The number of rotatable bonds is 5. The standard InChI is InChI=1S/C19H24FN3OS/c1-2-4-18-21-17(14-25-18)13-22-9-3-10-23(12-11-22)19(24)15-5-7-16(20)8-6-15/h5-8,14H,2-4,9-13H2,1H3. The molecule has 1 aromatic heterocycles. The molecule has 3 rings (SSSR count). The van der Waals surface area contributed by atoms with Gasteiger partial charge in [-0.05, 0) is 43.5 Å². The molecule has 1 aromatic carbocycles. The van der Waals surface area contributed by atoms with E-state index in [9.17, 15) is 9.18 Å². The first kappa shape index (κ1) is 18.0. The van der Waals surface area contributed by atoms with E-state index in [1.54, 1.807) is 23.5 Å². The third-order valence-corrected chi connectivity index (χ3v) is 5.37. The number of hydrogen-bond acceptors (Lipinski definition) is 4. The van der Waals surface area contributed by atoms with Crippen molar-refractivity contribution >= 4 is 17.2 Å². The Morgan fingerprint density at radius 2 is 2.00 bits per heavy atom. The van der Waals surface area contributed by atoms with Gasteiger partial charge in [0.15, 0.2) is 0 Å². The highest BCUT2D eigenvalue weighted by atomic mass is 32.1. The second-order valence-corrected chi connectivity index (χ2v) is 7.35. The number of thiazole rings is 1. The number of benzene rings is 1. The van der Waals surface area contributed by atoms with Crippen LogP contribution in [0.2, 0.25) is 0 Å². The average Bonchev–Trinajstić information content (AvgIpc) is 2.91. The van der Waals surface area contributed by atoms with Crippen molar-refractivity contribution in [2.75, 3.05) is 26.2 Å². The lowest BCUT2D eigenvalue weighted by molar-refractivity contribution is 0.0761. The number of aryl methyl sites for hydroxylation is 1. The van der Waals surface area contributed by atoms with Crippen LogP contribution < -0.4 is 0 Å². The van der Waals surface area contributed by atoms with Crippen LogP contribution >= 0.6 is 11.3 Å². The predicted molar refractivity (Wildman–Crippen MR) is 98.3 cm³/mol. The van der Waals surface area contributed by atoms with Crippen LogP contribution in [0.5, 0.6) is 0 Å². The van der Waals surface area contributed by atoms with Crippen LogP contribution in [-0.4, -0.2) is 46.9 Å². The van der Waals surface area contributed by atoms with Gasteiger partial charge < -0.3 is 4.90 Å². The molecular formula is C19H24FN3OS. The third kappa shape index (κ3) is 4.86. The van der Waals surface area contributed by atoms with Crippen LogP contribution in [0, 0.1) is 5.82 Å². The van der Waals surface area contributed by atoms with E-state index < -0.39 is 0 Å². The highest BCUT2D eigenvalue weighted by molar-refractivity contribution is 7.09. The van der Waals surface area contributed by atoms with Gasteiger partial charge in [0, 0.05) is 43.7 Å². The smallest absolute Gasteiger partial charge is 0.253 e. The normalized spacial score (nSPS) is 16.0. The van der Waals surface area contributed by atoms with Gasteiger partial charge in [-0.15, -0.1) is 11.3 Å². The molecule has 0 saturated carbocycles. The maximum Gasteiger partial charge on any atom is 0.253 e. The van der Waals surface area contributed by atoms with Gasteiger partial charge in [0.05, 0.1) is 10.7 Å². The molecule has 6 heteroatoms. The molecule has 4 nitrogen and oxygen atoms in total. The SMILES string of the molecule is CCCc1nc(CN2CCCN(C(=O)c3ccc(F)cc3)CC2)cs1. The molecule has 134 valence electrons. The summed E-state index contributed by atoms with van der Waals surface area (Å²) < 4.78 is 13.0. The second kappa shape index (κ2) is 8.54. The molecule has 0 spiro atoms. The first-order chi connectivity index (χ1) is 12.2. The minimum absolute atomic E-state index is 0.0132. The van der Waals surface area contributed by atoms with Crippen molar-refractivity contribution in [3.8, 4) is 0 Å². The number of hydrogen-bond donors (Lipinski definition) is 0. The number of amides is 1. The first-order valence-electron chi connectivity index (χ1n) is 8.86. The summed E-state index contributed by atoms with van der Waals surface area (Å²) in [5.74, 6) is -0.329. The molecule has 2 heterocycles. The van der Waals surface area contributed by atoms with Crippen LogP contribution in [0.25, 0.3) is 0 Å². The molecule has 0 unspecified atom stereocenters. The Morgan fingerprint density at radius 3 is 2.76 bits per heavy atom. The zero-order chi connectivity index (χ0) is 17.6. The summed E-state index contributed by atoms with van der Waals surface area (Å²) in [6, 6.07) is 5.80. The summed E-state index contributed by atoms with van der Waals surface area (Å²) in [5, 5.41) is 3.36. The topological polar surface area (TPSA) is 36.4 Å². The fourth-order valence-electron chi connectivity index (χ4n) is 3.09. The average molecular weight is 361 g/mol. The Balaban J connectivity index is 1.56. The monoisotopic (exact) mass is 361 g/mol. The number of nitrogens with zero attached hydrogens (tertiary/aromatic N) is 3.